The number of hydrogen-bond acceptors (Lipinski definition) is 3. The highest BCUT2D eigenvalue weighted by Gasteiger charge is 2.51. The highest BCUT2D eigenvalue weighted by atomic mass is 16.3. The molecule has 0 aromatic heterocycles. The zero-order chi connectivity index (χ0) is 24.3. The van der Waals surface area contributed by atoms with Crippen LogP contribution in [0.3, 0.4) is 0 Å². The summed E-state index contributed by atoms with van der Waals surface area (Å²) in [6.07, 6.45) is 20.1. The van der Waals surface area contributed by atoms with Crippen LogP contribution in [0.15, 0.2) is 11.6 Å². The molecule has 0 spiro atoms. The second-order valence-corrected chi connectivity index (χ2v) is 13.2. The monoisotopic (exact) mass is 472 g/mol. The molecule has 4 rings (SSSR count). The summed E-state index contributed by atoms with van der Waals surface area (Å²) < 4.78 is 0. The summed E-state index contributed by atoms with van der Waals surface area (Å²) in [5.41, 5.74) is 1.59. The number of hydrogen-bond donors (Lipinski definition) is 2. The van der Waals surface area contributed by atoms with Crippen LogP contribution in [0, 0.1) is 40.9 Å². The number of carbonyl (C=O) groups is 1. The molecule has 2 N–H and O–H groups in total. The van der Waals surface area contributed by atoms with Crippen LogP contribution in [0.4, 0.5) is 0 Å². The van der Waals surface area contributed by atoms with Crippen LogP contribution in [-0.4, -0.2) is 28.2 Å². The van der Waals surface area contributed by atoms with Crippen LogP contribution in [-0.2, 0) is 4.79 Å². The maximum Gasteiger partial charge on any atom is 0.139 e. The van der Waals surface area contributed by atoms with Gasteiger partial charge >= 0.3 is 0 Å². The molecular weight excluding hydrogens is 420 g/mol. The Bertz CT molecular complexity index is 709. The number of Topliss-reactive ketones (excluding diaryl/α,β-unsaturated/α-hetero) is 1. The van der Waals surface area contributed by atoms with Gasteiger partial charge in [-0.2, -0.15) is 0 Å². The molecule has 3 saturated carbocycles. The summed E-state index contributed by atoms with van der Waals surface area (Å²) in [7, 11) is 0. The Morgan fingerprint density at radius 3 is 2.44 bits per heavy atom. The molecule has 4 aliphatic rings. The molecule has 0 aromatic carbocycles. The van der Waals surface area contributed by atoms with Crippen molar-refractivity contribution in [3.63, 3.8) is 0 Å². The van der Waals surface area contributed by atoms with E-state index in [0.29, 0.717) is 41.3 Å². The molecule has 0 amide bonds. The molecule has 194 valence electrons. The van der Waals surface area contributed by atoms with Gasteiger partial charge in [-0.3, -0.25) is 4.79 Å². The Labute approximate surface area is 209 Å². The van der Waals surface area contributed by atoms with E-state index in [1.807, 2.05) is 0 Å². The largest absolute Gasteiger partial charge is 0.393 e. The molecule has 7 unspecified atom stereocenters. The molecule has 0 radical (unpaired) electrons. The average molecular weight is 473 g/mol. The number of carbonyl (C=O) groups excluding carboxylic acids is 1. The van der Waals surface area contributed by atoms with Gasteiger partial charge in [0.15, 0.2) is 0 Å². The van der Waals surface area contributed by atoms with Gasteiger partial charge in [-0.15, -0.1) is 0 Å². The highest BCUT2D eigenvalue weighted by molar-refractivity contribution is 5.86. The third-order valence-corrected chi connectivity index (χ3v) is 10.4. The van der Waals surface area contributed by atoms with Crippen molar-refractivity contribution in [2.75, 3.05) is 0 Å². The van der Waals surface area contributed by atoms with Crippen molar-refractivity contribution in [1.29, 1.82) is 0 Å². The molecule has 0 aliphatic heterocycles. The Morgan fingerprint density at radius 1 is 0.912 bits per heavy atom. The first kappa shape index (κ1) is 26.4. The number of fused-ring (bicyclic) bond motifs is 3. The SMILES string of the molecule is CCC(O)CC(C)(C)C1=C[C@H](CCC(O)CCC2CCC3C(C2)C(=O)C2CCCCC23)CCC1. The molecule has 4 aliphatic carbocycles. The number of aliphatic hydroxyl groups is 2. The lowest BCUT2D eigenvalue weighted by atomic mass is 9.70. The second kappa shape index (κ2) is 11.6. The van der Waals surface area contributed by atoms with Crippen molar-refractivity contribution in [2.24, 2.45) is 40.9 Å². The van der Waals surface area contributed by atoms with Crippen LogP contribution in [0.5, 0.6) is 0 Å². The van der Waals surface area contributed by atoms with E-state index in [2.05, 4.69) is 26.8 Å². The summed E-state index contributed by atoms with van der Waals surface area (Å²) in [6, 6.07) is 0. The molecule has 0 saturated heterocycles. The van der Waals surface area contributed by atoms with E-state index in [1.165, 1.54) is 50.5 Å². The fourth-order valence-corrected chi connectivity index (χ4v) is 8.32. The summed E-state index contributed by atoms with van der Waals surface area (Å²) in [4.78, 5) is 13.0. The molecule has 3 heteroatoms. The van der Waals surface area contributed by atoms with E-state index < -0.39 is 0 Å². The molecule has 0 heterocycles. The van der Waals surface area contributed by atoms with E-state index in [4.69, 9.17) is 0 Å². The first-order chi connectivity index (χ1) is 16.3. The van der Waals surface area contributed by atoms with E-state index in [-0.39, 0.29) is 17.6 Å². The van der Waals surface area contributed by atoms with Gasteiger partial charge < -0.3 is 10.2 Å². The fourth-order valence-electron chi connectivity index (χ4n) is 8.32. The third-order valence-electron chi connectivity index (χ3n) is 10.4. The van der Waals surface area contributed by atoms with Crippen molar-refractivity contribution in [2.45, 2.75) is 136 Å². The smallest absolute Gasteiger partial charge is 0.139 e. The second-order valence-electron chi connectivity index (χ2n) is 13.2. The molecule has 34 heavy (non-hydrogen) atoms. The average Bonchev–Trinajstić information content (AvgIpc) is 3.13. The summed E-state index contributed by atoms with van der Waals surface area (Å²) in [6.45, 7) is 6.63. The lowest BCUT2D eigenvalue weighted by Gasteiger charge is -2.35. The van der Waals surface area contributed by atoms with E-state index in [1.54, 1.807) is 0 Å². The van der Waals surface area contributed by atoms with Crippen LogP contribution in [0.1, 0.15) is 124 Å². The van der Waals surface area contributed by atoms with E-state index in [0.717, 1.165) is 57.8 Å². The minimum atomic E-state index is -0.211. The van der Waals surface area contributed by atoms with Crippen LogP contribution >= 0.6 is 0 Å². The summed E-state index contributed by atoms with van der Waals surface area (Å²) >= 11 is 0. The molecule has 8 atom stereocenters. The minimum Gasteiger partial charge on any atom is -0.393 e. The van der Waals surface area contributed by atoms with Gasteiger partial charge in [0.1, 0.15) is 5.78 Å². The van der Waals surface area contributed by atoms with Gasteiger partial charge in [0, 0.05) is 11.8 Å². The predicted octanol–water partition coefficient (Wildman–Crippen LogP) is 7.24. The van der Waals surface area contributed by atoms with Crippen molar-refractivity contribution in [1.82, 2.24) is 0 Å². The molecular formula is C31H52O3. The van der Waals surface area contributed by atoms with Gasteiger partial charge in [-0.1, -0.05) is 51.7 Å². The van der Waals surface area contributed by atoms with Gasteiger partial charge in [-0.05, 0) is 113 Å². The first-order valence-corrected chi connectivity index (χ1v) is 14.9. The fraction of sp³-hybridized carbons (Fsp3) is 0.903. The molecule has 3 fully saturated rings. The lowest BCUT2D eigenvalue weighted by molar-refractivity contribution is -0.126. The van der Waals surface area contributed by atoms with Crippen LogP contribution in [0.25, 0.3) is 0 Å². The quantitative estimate of drug-likeness (QED) is 0.329. The van der Waals surface area contributed by atoms with Crippen LogP contribution in [0.2, 0.25) is 0 Å². The van der Waals surface area contributed by atoms with Crippen molar-refractivity contribution in [3.05, 3.63) is 11.6 Å². The van der Waals surface area contributed by atoms with Gasteiger partial charge in [-0.25, -0.2) is 0 Å². The number of rotatable bonds is 10. The standard InChI is InChI=1S/C31H52O3/c1-4-24(32)20-31(2,3)23-9-7-8-21(18-23)12-15-25(33)16-13-22-14-17-27-26-10-5-6-11-28(26)30(34)29(27)19-22/h18,21-22,24-29,32-33H,4-17,19-20H2,1-3H3/t21-,22?,24?,25?,26?,27?,28?,29?/m0/s1. The number of aliphatic hydroxyl groups excluding tert-OH is 2. The number of ketones is 1. The van der Waals surface area contributed by atoms with Crippen LogP contribution < -0.4 is 0 Å². The molecule has 0 bridgehead atoms. The number of allylic oxidation sites excluding steroid dienone is 2. The van der Waals surface area contributed by atoms with Crippen molar-refractivity contribution < 1.29 is 15.0 Å². The van der Waals surface area contributed by atoms with Gasteiger partial charge in [0.25, 0.3) is 0 Å². The maximum atomic E-state index is 13.0. The van der Waals surface area contributed by atoms with Crippen molar-refractivity contribution in [3.8, 4) is 0 Å². The summed E-state index contributed by atoms with van der Waals surface area (Å²) in [5.74, 6) is 3.99. The third kappa shape index (κ3) is 6.17. The van der Waals surface area contributed by atoms with E-state index >= 15 is 0 Å². The predicted molar refractivity (Wildman–Crippen MR) is 139 cm³/mol. The topological polar surface area (TPSA) is 57.5 Å². The molecule has 0 aromatic rings. The minimum absolute atomic E-state index is 0.0702. The Hall–Kier alpha value is -0.670. The highest BCUT2D eigenvalue weighted by Crippen LogP contribution is 2.53. The normalized spacial score (nSPS) is 35.9. The zero-order valence-corrected chi connectivity index (χ0v) is 22.3. The Kier molecular flexibility index (Phi) is 9.00. The van der Waals surface area contributed by atoms with E-state index in [9.17, 15) is 15.0 Å². The Morgan fingerprint density at radius 2 is 1.65 bits per heavy atom. The zero-order valence-electron chi connectivity index (χ0n) is 22.3. The van der Waals surface area contributed by atoms with Gasteiger partial charge in [0.05, 0.1) is 12.2 Å². The van der Waals surface area contributed by atoms with Crippen molar-refractivity contribution >= 4 is 5.78 Å². The Balaban J connectivity index is 1.20. The van der Waals surface area contributed by atoms with Gasteiger partial charge in [0.2, 0.25) is 0 Å². The molecule has 3 nitrogen and oxygen atoms in total. The maximum absolute atomic E-state index is 13.0. The first-order valence-electron chi connectivity index (χ1n) is 14.9. The summed E-state index contributed by atoms with van der Waals surface area (Å²) in [5, 5.41) is 20.9. The lowest BCUT2D eigenvalue weighted by Crippen LogP contribution is -2.27.